The van der Waals surface area contributed by atoms with Gasteiger partial charge in [0.05, 0.1) is 30.3 Å². The quantitative estimate of drug-likeness (QED) is 0.513. The number of imidazole rings is 1. The van der Waals surface area contributed by atoms with Gasteiger partial charge >= 0.3 is 0 Å². The largest absolute Gasteiger partial charge is 0.495 e. The van der Waals surface area contributed by atoms with Crippen LogP contribution in [0.3, 0.4) is 0 Å². The number of anilines is 1. The van der Waals surface area contributed by atoms with Crippen LogP contribution in [0.5, 0.6) is 11.6 Å². The first-order valence-corrected chi connectivity index (χ1v) is 13.4. The molecule has 6 rings (SSSR count). The summed E-state index contributed by atoms with van der Waals surface area (Å²) in [4.78, 5) is 37.3. The summed E-state index contributed by atoms with van der Waals surface area (Å²) in [5.41, 5.74) is 4.42. The SMILES string of the molecule is COc1cc(-c2cc3ncn(C4CC4)c3c(O[C@H](C)C3CNC(=O)C3)n2)ccc1N1CCN(C(C)=O)CC1. The Morgan fingerprint density at radius 1 is 1.16 bits per heavy atom. The van der Waals surface area contributed by atoms with Crippen molar-refractivity contribution in [2.24, 2.45) is 5.92 Å². The Kier molecular flexibility index (Phi) is 6.33. The Hall–Kier alpha value is -3.82. The standard InChI is InChI=1S/C28H34N6O4/c1-17(20-13-26(36)29-15-20)38-28-27-23(30-16-34(27)21-5-6-21)14-22(31-28)19-4-7-24(25(12-19)37-3)33-10-8-32(9-11-33)18(2)35/h4,7,12,14,16-17,20-21H,5-6,8-11,13,15H2,1-3H3,(H,29,36)/t17-,20?/m1/s1. The van der Waals surface area contributed by atoms with E-state index in [1.807, 2.05) is 36.4 Å². The second kappa shape index (κ2) is 9.81. The molecule has 2 saturated heterocycles. The number of nitrogens with zero attached hydrogens (tertiary/aromatic N) is 5. The monoisotopic (exact) mass is 518 g/mol. The van der Waals surface area contributed by atoms with Crippen LogP contribution in [0.25, 0.3) is 22.3 Å². The summed E-state index contributed by atoms with van der Waals surface area (Å²) < 4.78 is 14.4. The first-order chi connectivity index (χ1) is 18.4. The van der Waals surface area contributed by atoms with Crippen molar-refractivity contribution in [3.8, 4) is 22.9 Å². The van der Waals surface area contributed by atoms with Gasteiger partial charge in [-0.3, -0.25) is 9.59 Å². The van der Waals surface area contributed by atoms with Crippen molar-refractivity contribution in [3.63, 3.8) is 0 Å². The average molecular weight is 519 g/mol. The molecule has 0 spiro atoms. The van der Waals surface area contributed by atoms with Gasteiger partial charge in [-0.1, -0.05) is 6.07 Å². The topological polar surface area (TPSA) is 102 Å². The summed E-state index contributed by atoms with van der Waals surface area (Å²) in [6, 6.07) is 8.56. The molecule has 3 aliphatic rings. The van der Waals surface area contributed by atoms with Crippen LogP contribution in [-0.4, -0.2) is 77.2 Å². The zero-order valence-corrected chi connectivity index (χ0v) is 22.1. The van der Waals surface area contributed by atoms with E-state index in [0.717, 1.165) is 59.7 Å². The minimum atomic E-state index is -0.173. The molecule has 2 aliphatic heterocycles. The molecule has 0 radical (unpaired) electrons. The highest BCUT2D eigenvalue weighted by molar-refractivity contribution is 5.85. The van der Waals surface area contributed by atoms with E-state index in [2.05, 4.69) is 20.9 Å². The number of pyridine rings is 1. The molecule has 2 atom stereocenters. The van der Waals surface area contributed by atoms with Gasteiger partial charge in [-0.2, -0.15) is 0 Å². The molecule has 2 aromatic heterocycles. The lowest BCUT2D eigenvalue weighted by atomic mass is 10.0. The molecule has 3 aromatic rings. The van der Waals surface area contributed by atoms with Crippen molar-refractivity contribution < 1.29 is 19.1 Å². The molecule has 10 heteroatoms. The van der Waals surface area contributed by atoms with Crippen LogP contribution in [0.1, 0.15) is 39.2 Å². The van der Waals surface area contributed by atoms with Gasteiger partial charge in [0, 0.05) is 63.6 Å². The number of carbonyl (C=O) groups excluding carboxylic acids is 2. The first kappa shape index (κ1) is 24.5. The fourth-order valence-corrected chi connectivity index (χ4v) is 5.48. The third-order valence-corrected chi connectivity index (χ3v) is 7.97. The van der Waals surface area contributed by atoms with Gasteiger partial charge in [-0.05, 0) is 38.0 Å². The van der Waals surface area contributed by atoms with Crippen LogP contribution in [0.4, 0.5) is 5.69 Å². The number of nitrogens with one attached hydrogen (secondary N) is 1. The molecule has 0 bridgehead atoms. The van der Waals surface area contributed by atoms with Crippen molar-refractivity contribution in [2.45, 2.75) is 45.3 Å². The molecule has 1 unspecified atom stereocenters. The van der Waals surface area contributed by atoms with Gasteiger partial charge in [0.15, 0.2) is 0 Å². The highest BCUT2D eigenvalue weighted by Crippen LogP contribution is 2.41. The summed E-state index contributed by atoms with van der Waals surface area (Å²) in [6.07, 6.45) is 4.43. The lowest BCUT2D eigenvalue weighted by Crippen LogP contribution is -2.48. The van der Waals surface area contributed by atoms with Crippen LogP contribution in [0.2, 0.25) is 0 Å². The smallest absolute Gasteiger partial charge is 0.241 e. The highest BCUT2D eigenvalue weighted by Gasteiger charge is 2.31. The molecule has 10 nitrogen and oxygen atoms in total. The zero-order valence-electron chi connectivity index (χ0n) is 22.1. The van der Waals surface area contributed by atoms with Crippen molar-refractivity contribution >= 4 is 28.5 Å². The number of fused-ring (bicyclic) bond motifs is 1. The zero-order chi connectivity index (χ0) is 26.4. The number of amides is 2. The Balaban J connectivity index is 1.32. The van der Waals surface area contributed by atoms with E-state index in [0.29, 0.717) is 38.0 Å². The second-order valence-corrected chi connectivity index (χ2v) is 10.5. The molecule has 38 heavy (non-hydrogen) atoms. The van der Waals surface area contributed by atoms with E-state index in [1.54, 1.807) is 14.0 Å². The molecule has 4 heterocycles. The van der Waals surface area contributed by atoms with Gasteiger partial charge in [0.25, 0.3) is 0 Å². The van der Waals surface area contributed by atoms with E-state index in [-0.39, 0.29) is 23.8 Å². The summed E-state index contributed by atoms with van der Waals surface area (Å²) in [5.74, 6) is 1.59. The van der Waals surface area contributed by atoms with Gasteiger partial charge < -0.3 is 29.2 Å². The normalized spacial score (nSPS) is 20.5. The molecular formula is C28H34N6O4. The molecule has 1 saturated carbocycles. The molecular weight excluding hydrogens is 484 g/mol. The maximum Gasteiger partial charge on any atom is 0.241 e. The third kappa shape index (κ3) is 4.63. The van der Waals surface area contributed by atoms with Crippen LogP contribution in [0.15, 0.2) is 30.6 Å². The second-order valence-electron chi connectivity index (χ2n) is 10.5. The maximum absolute atomic E-state index is 11.8. The molecule has 1 aliphatic carbocycles. The lowest BCUT2D eigenvalue weighted by molar-refractivity contribution is -0.129. The summed E-state index contributed by atoms with van der Waals surface area (Å²) in [6.45, 7) is 7.15. The van der Waals surface area contributed by atoms with Gasteiger partial charge in [0.2, 0.25) is 17.7 Å². The maximum atomic E-state index is 11.8. The number of carbonyl (C=O) groups is 2. The van der Waals surface area contributed by atoms with Crippen molar-refractivity contribution in [1.29, 1.82) is 0 Å². The van der Waals surface area contributed by atoms with Crippen LogP contribution in [0, 0.1) is 5.92 Å². The Morgan fingerprint density at radius 2 is 1.95 bits per heavy atom. The van der Waals surface area contributed by atoms with E-state index in [4.69, 9.17) is 19.4 Å². The predicted octanol–water partition coefficient (Wildman–Crippen LogP) is 3.01. The number of hydrogen-bond donors (Lipinski definition) is 1. The number of methoxy groups -OCH3 is 1. The Morgan fingerprint density at radius 3 is 2.61 bits per heavy atom. The Labute approximate surface area is 221 Å². The summed E-state index contributed by atoms with van der Waals surface area (Å²) in [5, 5.41) is 2.90. The Bertz CT molecular complexity index is 1380. The predicted molar refractivity (Wildman–Crippen MR) is 143 cm³/mol. The fourth-order valence-electron chi connectivity index (χ4n) is 5.48. The third-order valence-electron chi connectivity index (χ3n) is 7.97. The van der Waals surface area contributed by atoms with Gasteiger partial charge in [-0.25, -0.2) is 9.97 Å². The molecule has 1 aromatic carbocycles. The molecule has 200 valence electrons. The van der Waals surface area contributed by atoms with Crippen molar-refractivity contribution in [3.05, 3.63) is 30.6 Å². The number of hydrogen-bond acceptors (Lipinski definition) is 7. The molecule has 3 fully saturated rings. The van der Waals surface area contributed by atoms with E-state index in [1.165, 1.54) is 0 Å². The van der Waals surface area contributed by atoms with Gasteiger partial charge in [-0.15, -0.1) is 0 Å². The minimum absolute atomic E-state index is 0.0650. The minimum Gasteiger partial charge on any atom is -0.495 e. The molecule has 2 amide bonds. The van der Waals surface area contributed by atoms with E-state index >= 15 is 0 Å². The first-order valence-electron chi connectivity index (χ1n) is 13.4. The van der Waals surface area contributed by atoms with Crippen molar-refractivity contribution in [1.82, 2.24) is 24.8 Å². The van der Waals surface area contributed by atoms with Crippen LogP contribution >= 0.6 is 0 Å². The van der Waals surface area contributed by atoms with E-state index in [9.17, 15) is 9.59 Å². The number of ether oxygens (including phenoxy) is 2. The number of benzene rings is 1. The fraction of sp³-hybridized carbons (Fsp3) is 0.500. The average Bonchev–Trinajstić information content (AvgIpc) is 3.53. The lowest BCUT2D eigenvalue weighted by Gasteiger charge is -2.36. The number of rotatable bonds is 7. The van der Waals surface area contributed by atoms with Crippen molar-refractivity contribution in [2.75, 3.05) is 44.7 Å². The van der Waals surface area contributed by atoms with Crippen LogP contribution < -0.4 is 19.7 Å². The summed E-state index contributed by atoms with van der Waals surface area (Å²) in [7, 11) is 1.68. The van der Waals surface area contributed by atoms with E-state index < -0.39 is 0 Å². The number of aromatic nitrogens is 3. The highest BCUT2D eigenvalue weighted by atomic mass is 16.5. The summed E-state index contributed by atoms with van der Waals surface area (Å²) >= 11 is 0. The number of piperazine rings is 1. The molecule has 1 N–H and O–H groups in total. The van der Waals surface area contributed by atoms with Gasteiger partial charge in [0.1, 0.15) is 17.4 Å². The van der Waals surface area contributed by atoms with Crippen LogP contribution in [-0.2, 0) is 9.59 Å².